The topological polar surface area (TPSA) is 126 Å². The fraction of sp³-hybridized carbons (Fsp3) is 0.630. The Labute approximate surface area is 359 Å². The maximum absolute atomic E-state index is 14.0. The van der Waals surface area contributed by atoms with Crippen LogP contribution in [-0.2, 0) is 23.9 Å². The van der Waals surface area contributed by atoms with Crippen LogP contribution in [-0.4, -0.2) is 90.9 Å². The SMILES string of the molecule is COC(=O)c1sc(C#CC(C)(C)C)cc1N(C(=O)C1CCC(C)CC1)C1CCN(C(C)C)C1=O.COC(=O)c1sc(C#CC(C)(C)C)cc1NC1CCN(C(C)C)C1=O. The zero-order chi connectivity index (χ0) is 44.0. The van der Waals surface area contributed by atoms with Crippen LogP contribution < -0.4 is 10.2 Å². The molecule has 1 aliphatic carbocycles. The first-order chi connectivity index (χ1) is 27.5. The molecule has 2 aromatic rings. The van der Waals surface area contributed by atoms with Crippen molar-refractivity contribution >= 4 is 63.7 Å². The molecule has 2 saturated heterocycles. The van der Waals surface area contributed by atoms with Crippen molar-refractivity contribution in [3.05, 3.63) is 31.6 Å². The lowest BCUT2D eigenvalue weighted by atomic mass is 9.82. The van der Waals surface area contributed by atoms with Crippen LogP contribution in [0.3, 0.4) is 0 Å². The number of hydrogen-bond acceptors (Lipinski definition) is 10. The number of amides is 3. The van der Waals surface area contributed by atoms with Gasteiger partial charge in [-0.2, -0.15) is 0 Å². The van der Waals surface area contributed by atoms with Crippen molar-refractivity contribution < 1.29 is 33.4 Å². The summed E-state index contributed by atoms with van der Waals surface area (Å²) in [5.41, 5.74) is 0.757. The number of carbonyl (C=O) groups excluding carboxylic acids is 5. The zero-order valence-corrected chi connectivity index (χ0v) is 38.9. The fourth-order valence-electron chi connectivity index (χ4n) is 7.28. The number of rotatable bonds is 9. The second kappa shape index (κ2) is 19.8. The Morgan fingerprint density at radius 1 is 0.746 bits per heavy atom. The summed E-state index contributed by atoms with van der Waals surface area (Å²) in [6, 6.07) is 2.93. The van der Waals surface area contributed by atoms with Crippen LogP contribution in [0.1, 0.15) is 144 Å². The number of nitrogens with zero attached hydrogens (tertiary/aromatic N) is 3. The molecule has 0 spiro atoms. The number of likely N-dealkylation sites (tertiary alicyclic amines) is 2. The smallest absolute Gasteiger partial charge is 0.350 e. The summed E-state index contributed by atoms with van der Waals surface area (Å²) >= 11 is 2.51. The number of esters is 2. The number of anilines is 2. The van der Waals surface area contributed by atoms with Gasteiger partial charge in [-0.25, -0.2) is 9.59 Å². The van der Waals surface area contributed by atoms with Gasteiger partial charge >= 0.3 is 11.9 Å². The van der Waals surface area contributed by atoms with Gasteiger partial charge in [0.1, 0.15) is 21.8 Å². The van der Waals surface area contributed by atoms with Crippen molar-refractivity contribution in [2.24, 2.45) is 22.7 Å². The zero-order valence-electron chi connectivity index (χ0n) is 37.3. The molecule has 11 nitrogen and oxygen atoms in total. The molecule has 1 N–H and O–H groups in total. The van der Waals surface area contributed by atoms with Gasteiger partial charge in [0.15, 0.2) is 0 Å². The minimum Gasteiger partial charge on any atom is -0.465 e. The number of carbonyl (C=O) groups is 5. The standard InChI is InChI=1S/C27H38N2O4S.C19H26N2O3S/c1-17(2)28-15-13-21(25(28)31)29(24(30)19-10-8-18(3)9-11-19)22-16-20(12-14-27(4,5)6)34-23(22)26(32)33-7;1-12(2)21-10-8-14(17(21)22)20-15-11-13(7-9-19(3,4)5)25-16(15)18(23)24-6/h16-19,21H,8-11,13,15H2,1-7H3;11-12,14,20H,8,10H2,1-6H3. The molecule has 2 atom stereocenters. The van der Waals surface area contributed by atoms with Crippen LogP contribution in [0.25, 0.3) is 0 Å². The van der Waals surface area contributed by atoms with E-state index in [1.165, 1.54) is 36.9 Å². The van der Waals surface area contributed by atoms with Gasteiger partial charge in [0.05, 0.1) is 35.3 Å². The van der Waals surface area contributed by atoms with Gasteiger partial charge in [0.2, 0.25) is 17.7 Å². The van der Waals surface area contributed by atoms with Gasteiger partial charge in [-0.15, -0.1) is 22.7 Å². The molecule has 0 radical (unpaired) electrons. The Morgan fingerprint density at radius 2 is 1.24 bits per heavy atom. The quantitative estimate of drug-likeness (QED) is 0.197. The Morgan fingerprint density at radius 3 is 1.73 bits per heavy atom. The van der Waals surface area contributed by atoms with Gasteiger partial charge in [0, 0.05) is 41.9 Å². The predicted octanol–water partition coefficient (Wildman–Crippen LogP) is 8.45. The van der Waals surface area contributed by atoms with Crippen molar-refractivity contribution in [1.29, 1.82) is 0 Å². The van der Waals surface area contributed by atoms with E-state index in [9.17, 15) is 24.0 Å². The van der Waals surface area contributed by atoms with Gasteiger partial charge in [-0.1, -0.05) is 30.6 Å². The van der Waals surface area contributed by atoms with E-state index in [-0.39, 0.29) is 52.6 Å². The summed E-state index contributed by atoms with van der Waals surface area (Å²) < 4.78 is 9.94. The molecule has 322 valence electrons. The Kier molecular flexibility index (Phi) is 15.9. The normalized spacial score (nSPS) is 20.7. The average Bonchev–Trinajstić information content (AvgIpc) is 3.96. The van der Waals surface area contributed by atoms with Gasteiger partial charge in [0.25, 0.3) is 0 Å². The number of thiophene rings is 2. The van der Waals surface area contributed by atoms with Crippen molar-refractivity contribution in [2.45, 2.75) is 139 Å². The first-order valence-electron chi connectivity index (χ1n) is 20.8. The second-order valence-electron chi connectivity index (χ2n) is 18.4. The first kappa shape index (κ1) is 47.3. The summed E-state index contributed by atoms with van der Waals surface area (Å²) in [5.74, 6) is 12.1. The van der Waals surface area contributed by atoms with Gasteiger partial charge < -0.3 is 24.6 Å². The summed E-state index contributed by atoms with van der Waals surface area (Å²) in [5, 5.41) is 3.23. The van der Waals surface area contributed by atoms with E-state index in [1.807, 2.05) is 85.1 Å². The van der Waals surface area contributed by atoms with Crippen molar-refractivity contribution in [3.8, 4) is 23.7 Å². The highest BCUT2D eigenvalue weighted by molar-refractivity contribution is 7.15. The third kappa shape index (κ3) is 12.4. The maximum Gasteiger partial charge on any atom is 0.350 e. The second-order valence-corrected chi connectivity index (χ2v) is 20.5. The largest absolute Gasteiger partial charge is 0.465 e. The molecule has 13 heteroatoms. The van der Waals surface area contributed by atoms with E-state index >= 15 is 0 Å². The first-order valence-corrected chi connectivity index (χ1v) is 22.4. The van der Waals surface area contributed by atoms with Crippen LogP contribution in [0.4, 0.5) is 11.4 Å². The minimum absolute atomic E-state index is 0.0562. The molecular weight excluding hydrogens is 785 g/mol. The summed E-state index contributed by atoms with van der Waals surface area (Å²) in [6.07, 6.45) is 4.87. The molecule has 3 amide bonds. The molecule has 5 rings (SSSR count). The highest BCUT2D eigenvalue weighted by atomic mass is 32.1. The van der Waals surface area contributed by atoms with Gasteiger partial charge in [-0.05, 0) is 126 Å². The summed E-state index contributed by atoms with van der Waals surface area (Å²) in [7, 11) is 2.69. The molecule has 0 bridgehead atoms. The van der Waals surface area contributed by atoms with Crippen LogP contribution in [0.2, 0.25) is 0 Å². The molecule has 0 aromatic carbocycles. The molecule has 2 unspecified atom stereocenters. The minimum atomic E-state index is -0.615. The number of nitrogens with one attached hydrogen (secondary N) is 1. The Balaban J connectivity index is 0.000000273. The molecule has 4 heterocycles. The number of ether oxygens (including phenoxy) is 2. The van der Waals surface area contributed by atoms with E-state index in [4.69, 9.17) is 9.47 Å². The van der Waals surface area contributed by atoms with Crippen LogP contribution in [0.5, 0.6) is 0 Å². The molecule has 2 aromatic heterocycles. The lowest BCUT2D eigenvalue weighted by Crippen LogP contribution is -2.49. The van der Waals surface area contributed by atoms with E-state index < -0.39 is 18.0 Å². The maximum atomic E-state index is 14.0. The monoisotopic (exact) mass is 848 g/mol. The van der Waals surface area contributed by atoms with E-state index in [2.05, 4.69) is 35.9 Å². The Hall–Kier alpha value is -4.33. The molecule has 3 fully saturated rings. The lowest BCUT2D eigenvalue weighted by Gasteiger charge is -2.34. The van der Waals surface area contributed by atoms with Crippen LogP contribution in [0, 0.1) is 46.3 Å². The van der Waals surface area contributed by atoms with E-state index in [0.717, 1.165) is 43.5 Å². The van der Waals surface area contributed by atoms with E-state index in [1.54, 1.807) is 11.0 Å². The van der Waals surface area contributed by atoms with Crippen LogP contribution >= 0.6 is 22.7 Å². The van der Waals surface area contributed by atoms with Gasteiger partial charge in [-0.3, -0.25) is 19.3 Å². The van der Waals surface area contributed by atoms with Crippen LogP contribution in [0.15, 0.2) is 12.1 Å². The molecule has 3 aliphatic rings. The average molecular weight is 849 g/mol. The fourth-order valence-corrected chi connectivity index (χ4v) is 9.10. The van der Waals surface area contributed by atoms with Crippen molar-refractivity contribution in [2.75, 3.05) is 37.5 Å². The summed E-state index contributed by atoms with van der Waals surface area (Å²) in [4.78, 5) is 72.3. The van der Waals surface area contributed by atoms with Crippen molar-refractivity contribution in [3.63, 3.8) is 0 Å². The van der Waals surface area contributed by atoms with E-state index in [0.29, 0.717) is 44.9 Å². The molecular formula is C46H64N4O7S2. The molecule has 1 saturated carbocycles. The third-order valence-electron chi connectivity index (χ3n) is 10.5. The lowest BCUT2D eigenvalue weighted by molar-refractivity contribution is -0.133. The highest BCUT2D eigenvalue weighted by Gasteiger charge is 2.44. The predicted molar refractivity (Wildman–Crippen MR) is 237 cm³/mol. The number of methoxy groups -OCH3 is 2. The number of hydrogen-bond donors (Lipinski definition) is 1. The Bertz CT molecular complexity index is 1990. The highest BCUT2D eigenvalue weighted by Crippen LogP contribution is 2.39. The van der Waals surface area contributed by atoms with Crippen molar-refractivity contribution in [1.82, 2.24) is 9.80 Å². The molecule has 59 heavy (non-hydrogen) atoms. The summed E-state index contributed by atoms with van der Waals surface area (Å²) in [6.45, 7) is 23.7. The molecule has 2 aliphatic heterocycles. The third-order valence-corrected chi connectivity index (χ3v) is 12.6.